The molecule has 3 aromatic heterocycles. The Morgan fingerprint density at radius 2 is 2.25 bits per heavy atom. The van der Waals surface area contributed by atoms with E-state index in [2.05, 4.69) is 15.1 Å². The van der Waals surface area contributed by atoms with Gasteiger partial charge in [-0.25, -0.2) is 14.3 Å². The van der Waals surface area contributed by atoms with Gasteiger partial charge in [0, 0.05) is 30.2 Å². The van der Waals surface area contributed by atoms with Crippen LogP contribution >= 0.6 is 0 Å². The molecule has 0 N–H and O–H groups in total. The van der Waals surface area contributed by atoms with E-state index in [1.165, 1.54) is 0 Å². The topological polar surface area (TPSA) is 69.4 Å². The first-order valence-corrected chi connectivity index (χ1v) is 6.22. The van der Waals surface area contributed by atoms with Gasteiger partial charge in [0.15, 0.2) is 11.3 Å². The van der Waals surface area contributed by atoms with Crippen LogP contribution in [-0.2, 0) is 4.74 Å². The third-order valence-corrected chi connectivity index (χ3v) is 2.80. The van der Waals surface area contributed by atoms with Gasteiger partial charge in [0.25, 0.3) is 0 Å². The summed E-state index contributed by atoms with van der Waals surface area (Å²) in [6.07, 6.45) is 5.11. The lowest BCUT2D eigenvalue weighted by Crippen LogP contribution is -2.05. The van der Waals surface area contributed by atoms with Crippen LogP contribution in [0.5, 0.6) is 0 Å². The maximum Gasteiger partial charge on any atom is 0.358 e. The maximum absolute atomic E-state index is 11.7. The van der Waals surface area contributed by atoms with Crippen LogP contribution in [0.4, 0.5) is 0 Å². The number of esters is 1. The quantitative estimate of drug-likeness (QED) is 0.679. The summed E-state index contributed by atoms with van der Waals surface area (Å²) in [5.74, 6) is -0.449. The highest BCUT2D eigenvalue weighted by Gasteiger charge is 2.14. The van der Waals surface area contributed by atoms with E-state index in [1.54, 1.807) is 36.1 Å². The van der Waals surface area contributed by atoms with Crippen LogP contribution in [0, 0.1) is 0 Å². The second-order valence-electron chi connectivity index (χ2n) is 4.09. The predicted molar refractivity (Wildman–Crippen MR) is 72.2 cm³/mol. The van der Waals surface area contributed by atoms with Crippen molar-refractivity contribution in [2.45, 2.75) is 6.92 Å². The van der Waals surface area contributed by atoms with Crippen molar-refractivity contribution >= 4 is 11.6 Å². The lowest BCUT2D eigenvalue weighted by molar-refractivity contribution is 0.0519. The van der Waals surface area contributed by atoms with E-state index in [9.17, 15) is 4.79 Å². The summed E-state index contributed by atoms with van der Waals surface area (Å²) in [5, 5.41) is 4.26. The molecule has 3 rings (SSSR count). The summed E-state index contributed by atoms with van der Waals surface area (Å²) >= 11 is 0. The van der Waals surface area contributed by atoms with Gasteiger partial charge in [-0.2, -0.15) is 5.10 Å². The third kappa shape index (κ3) is 2.11. The van der Waals surface area contributed by atoms with E-state index < -0.39 is 5.97 Å². The van der Waals surface area contributed by atoms with Gasteiger partial charge in [-0.3, -0.25) is 4.98 Å². The summed E-state index contributed by atoms with van der Waals surface area (Å²) in [6.45, 7) is 2.07. The molecular weight excluding hydrogens is 256 g/mol. The summed E-state index contributed by atoms with van der Waals surface area (Å²) in [6, 6.07) is 7.20. The zero-order valence-electron chi connectivity index (χ0n) is 10.9. The van der Waals surface area contributed by atoms with Gasteiger partial charge in [-0.1, -0.05) is 0 Å². The number of hydrogen-bond donors (Lipinski definition) is 0. The molecule has 0 aliphatic rings. The summed E-state index contributed by atoms with van der Waals surface area (Å²) < 4.78 is 6.56. The normalized spacial score (nSPS) is 10.7. The van der Waals surface area contributed by atoms with E-state index in [-0.39, 0.29) is 5.69 Å². The first kappa shape index (κ1) is 12.3. The number of fused-ring (bicyclic) bond motifs is 1. The first-order chi connectivity index (χ1) is 9.79. The number of nitrogens with zero attached hydrogens (tertiary/aromatic N) is 4. The zero-order valence-corrected chi connectivity index (χ0v) is 10.9. The van der Waals surface area contributed by atoms with Crippen LogP contribution in [0.25, 0.3) is 16.9 Å². The van der Waals surface area contributed by atoms with Crippen molar-refractivity contribution in [2.24, 2.45) is 0 Å². The molecule has 6 nitrogen and oxygen atoms in total. The number of pyridine rings is 1. The van der Waals surface area contributed by atoms with E-state index in [1.807, 2.05) is 18.2 Å². The zero-order chi connectivity index (χ0) is 13.9. The van der Waals surface area contributed by atoms with Gasteiger partial charge in [0.2, 0.25) is 0 Å². The minimum Gasteiger partial charge on any atom is -0.461 e. The Hall–Kier alpha value is -2.76. The maximum atomic E-state index is 11.7. The molecule has 0 spiro atoms. The van der Waals surface area contributed by atoms with Crippen molar-refractivity contribution in [2.75, 3.05) is 6.61 Å². The molecule has 0 radical (unpaired) electrons. The molecule has 0 bridgehead atoms. The Bertz CT molecular complexity index is 752. The van der Waals surface area contributed by atoms with Crippen LogP contribution in [0.1, 0.15) is 17.4 Å². The van der Waals surface area contributed by atoms with Crippen molar-refractivity contribution in [1.82, 2.24) is 19.6 Å². The van der Waals surface area contributed by atoms with Crippen LogP contribution < -0.4 is 0 Å². The van der Waals surface area contributed by atoms with Gasteiger partial charge in [0.05, 0.1) is 12.3 Å². The molecule has 100 valence electrons. The summed E-state index contributed by atoms with van der Waals surface area (Å²) in [5.41, 5.74) is 2.56. The number of carbonyl (C=O) groups is 1. The van der Waals surface area contributed by atoms with Gasteiger partial charge >= 0.3 is 5.97 Å². The average Bonchev–Trinajstić information content (AvgIpc) is 2.92. The molecule has 0 amide bonds. The second kappa shape index (κ2) is 5.08. The van der Waals surface area contributed by atoms with Crippen LogP contribution in [0.15, 0.2) is 42.9 Å². The largest absolute Gasteiger partial charge is 0.461 e. The molecular formula is C14H12N4O2. The molecule has 0 saturated heterocycles. The van der Waals surface area contributed by atoms with Crippen LogP contribution in [0.3, 0.4) is 0 Å². The SMILES string of the molecule is CCOC(=O)c1cc2nccc(-c3cccnc3)n2n1. The lowest BCUT2D eigenvalue weighted by Gasteiger charge is -2.03. The summed E-state index contributed by atoms with van der Waals surface area (Å²) in [7, 11) is 0. The number of aromatic nitrogens is 4. The molecule has 0 fully saturated rings. The number of ether oxygens (including phenoxy) is 1. The van der Waals surface area contributed by atoms with Crippen molar-refractivity contribution < 1.29 is 9.53 Å². The van der Waals surface area contributed by atoms with Gasteiger partial charge in [-0.05, 0) is 25.1 Å². The Balaban J connectivity index is 2.13. The Kier molecular flexibility index (Phi) is 3.12. The Morgan fingerprint density at radius 3 is 3.00 bits per heavy atom. The van der Waals surface area contributed by atoms with Crippen molar-refractivity contribution in [3.8, 4) is 11.3 Å². The molecule has 6 heteroatoms. The molecule has 3 aromatic rings. The monoisotopic (exact) mass is 268 g/mol. The minimum atomic E-state index is -0.449. The highest BCUT2D eigenvalue weighted by Crippen LogP contribution is 2.18. The van der Waals surface area contributed by atoms with E-state index in [0.717, 1.165) is 11.3 Å². The van der Waals surface area contributed by atoms with E-state index in [4.69, 9.17) is 4.74 Å². The smallest absolute Gasteiger partial charge is 0.358 e. The molecule has 20 heavy (non-hydrogen) atoms. The lowest BCUT2D eigenvalue weighted by atomic mass is 10.2. The predicted octanol–water partition coefficient (Wildman–Crippen LogP) is 1.97. The molecule has 0 unspecified atom stereocenters. The molecule has 3 heterocycles. The molecule has 0 aliphatic carbocycles. The molecule has 0 aliphatic heterocycles. The average molecular weight is 268 g/mol. The Labute approximate surface area is 115 Å². The highest BCUT2D eigenvalue weighted by atomic mass is 16.5. The number of rotatable bonds is 3. The fraction of sp³-hybridized carbons (Fsp3) is 0.143. The fourth-order valence-corrected chi connectivity index (χ4v) is 1.93. The number of hydrogen-bond acceptors (Lipinski definition) is 5. The first-order valence-electron chi connectivity index (χ1n) is 6.22. The van der Waals surface area contributed by atoms with Crippen molar-refractivity contribution in [1.29, 1.82) is 0 Å². The molecule has 0 saturated carbocycles. The van der Waals surface area contributed by atoms with Crippen molar-refractivity contribution in [3.63, 3.8) is 0 Å². The minimum absolute atomic E-state index is 0.246. The standard InChI is InChI=1S/C14H12N4O2/c1-2-20-14(19)11-8-13-16-7-5-12(18(13)17-11)10-4-3-6-15-9-10/h3-9H,2H2,1H3. The highest BCUT2D eigenvalue weighted by molar-refractivity contribution is 5.88. The fourth-order valence-electron chi connectivity index (χ4n) is 1.93. The summed E-state index contributed by atoms with van der Waals surface area (Å²) in [4.78, 5) is 20.0. The Morgan fingerprint density at radius 1 is 1.35 bits per heavy atom. The van der Waals surface area contributed by atoms with Gasteiger partial charge < -0.3 is 4.74 Å². The van der Waals surface area contributed by atoms with Gasteiger partial charge in [0.1, 0.15) is 0 Å². The van der Waals surface area contributed by atoms with E-state index in [0.29, 0.717) is 12.3 Å². The third-order valence-electron chi connectivity index (χ3n) is 2.80. The second-order valence-corrected chi connectivity index (χ2v) is 4.09. The van der Waals surface area contributed by atoms with Crippen LogP contribution in [-0.4, -0.2) is 32.2 Å². The van der Waals surface area contributed by atoms with Crippen molar-refractivity contribution in [3.05, 3.63) is 48.5 Å². The molecule has 0 aromatic carbocycles. The van der Waals surface area contributed by atoms with Gasteiger partial charge in [-0.15, -0.1) is 0 Å². The van der Waals surface area contributed by atoms with Crippen LogP contribution in [0.2, 0.25) is 0 Å². The number of carbonyl (C=O) groups excluding carboxylic acids is 1. The molecule has 0 atom stereocenters. The van der Waals surface area contributed by atoms with E-state index >= 15 is 0 Å².